The first kappa shape index (κ1) is 15.1. The van der Waals surface area contributed by atoms with E-state index in [0.717, 1.165) is 18.2 Å². The smallest absolute Gasteiger partial charge is 0.416 e. The van der Waals surface area contributed by atoms with Crippen molar-refractivity contribution in [1.29, 1.82) is 0 Å². The highest BCUT2D eigenvalue weighted by molar-refractivity contribution is 5.48. The summed E-state index contributed by atoms with van der Waals surface area (Å²) in [5.41, 5.74) is -0.948. The third-order valence-electron chi connectivity index (χ3n) is 2.82. The van der Waals surface area contributed by atoms with Crippen LogP contribution in [0.15, 0.2) is 36.4 Å². The van der Waals surface area contributed by atoms with Crippen molar-refractivity contribution in [1.82, 2.24) is 0 Å². The molecule has 21 heavy (non-hydrogen) atoms. The molecule has 2 N–H and O–H groups in total. The van der Waals surface area contributed by atoms with E-state index in [9.17, 15) is 22.0 Å². The molecule has 112 valence electrons. The van der Waals surface area contributed by atoms with E-state index in [1.165, 1.54) is 18.2 Å². The van der Waals surface area contributed by atoms with Crippen molar-refractivity contribution in [3.63, 3.8) is 0 Å². The zero-order chi connectivity index (χ0) is 15.6. The molecule has 0 aromatic heterocycles. The molecule has 0 amide bonds. The molecule has 0 bridgehead atoms. The zero-order valence-corrected chi connectivity index (χ0v) is 10.5. The van der Waals surface area contributed by atoms with Crippen LogP contribution in [0.2, 0.25) is 0 Å². The van der Waals surface area contributed by atoms with E-state index in [1.807, 2.05) is 0 Å². The van der Waals surface area contributed by atoms with Gasteiger partial charge >= 0.3 is 6.18 Å². The molecule has 0 aliphatic rings. The Hall–Kier alpha value is -2.31. The van der Waals surface area contributed by atoms with E-state index in [2.05, 4.69) is 5.32 Å². The number of phenolic OH excluding ortho intramolecular Hbond substituents is 1. The second-order valence-electron chi connectivity index (χ2n) is 4.30. The van der Waals surface area contributed by atoms with Gasteiger partial charge in [0.2, 0.25) is 0 Å². The van der Waals surface area contributed by atoms with E-state index in [1.54, 1.807) is 0 Å². The fourth-order valence-electron chi connectivity index (χ4n) is 1.82. The number of alkyl halides is 3. The highest BCUT2D eigenvalue weighted by Gasteiger charge is 2.32. The van der Waals surface area contributed by atoms with Crippen LogP contribution in [0.5, 0.6) is 5.75 Å². The van der Waals surface area contributed by atoms with Gasteiger partial charge < -0.3 is 10.4 Å². The van der Waals surface area contributed by atoms with Gasteiger partial charge in [-0.2, -0.15) is 13.2 Å². The number of benzene rings is 2. The summed E-state index contributed by atoms with van der Waals surface area (Å²) in [4.78, 5) is 0. The van der Waals surface area contributed by atoms with Crippen molar-refractivity contribution in [2.75, 3.05) is 5.32 Å². The monoisotopic (exact) mass is 303 g/mol. The number of halogens is 5. The van der Waals surface area contributed by atoms with Crippen LogP contribution in [0.4, 0.5) is 27.6 Å². The summed E-state index contributed by atoms with van der Waals surface area (Å²) in [5.74, 6) is -3.51. The SMILES string of the molecule is Oc1c(F)cc(NCc2ccccc2C(F)(F)F)cc1F. The minimum atomic E-state index is -4.51. The molecule has 2 aromatic rings. The van der Waals surface area contributed by atoms with Gasteiger partial charge in [0.25, 0.3) is 0 Å². The molecule has 0 spiro atoms. The molecule has 2 rings (SSSR count). The van der Waals surface area contributed by atoms with E-state index >= 15 is 0 Å². The summed E-state index contributed by atoms with van der Waals surface area (Å²) < 4.78 is 64.6. The highest BCUT2D eigenvalue weighted by Crippen LogP contribution is 2.32. The predicted molar refractivity (Wildman–Crippen MR) is 66.8 cm³/mol. The van der Waals surface area contributed by atoms with Gasteiger partial charge in [-0.25, -0.2) is 8.78 Å². The number of hydrogen-bond donors (Lipinski definition) is 2. The number of aromatic hydroxyl groups is 1. The number of hydrogen-bond acceptors (Lipinski definition) is 2. The van der Waals surface area contributed by atoms with Crippen molar-refractivity contribution in [3.05, 3.63) is 59.2 Å². The average molecular weight is 303 g/mol. The molecule has 0 radical (unpaired) electrons. The molecule has 0 heterocycles. The number of nitrogens with one attached hydrogen (secondary N) is 1. The zero-order valence-electron chi connectivity index (χ0n) is 10.5. The molecule has 0 unspecified atom stereocenters. The highest BCUT2D eigenvalue weighted by atomic mass is 19.4. The van der Waals surface area contributed by atoms with Crippen LogP contribution in [0.25, 0.3) is 0 Å². The maximum atomic E-state index is 13.1. The minimum absolute atomic E-state index is 0.0566. The largest absolute Gasteiger partial charge is 0.503 e. The molecule has 0 aliphatic heterocycles. The summed E-state index contributed by atoms with van der Waals surface area (Å²) >= 11 is 0. The van der Waals surface area contributed by atoms with E-state index in [4.69, 9.17) is 5.11 Å². The Kier molecular flexibility index (Phi) is 4.02. The lowest BCUT2D eigenvalue weighted by Crippen LogP contribution is -2.11. The second-order valence-corrected chi connectivity index (χ2v) is 4.30. The van der Waals surface area contributed by atoms with Gasteiger partial charge in [0.1, 0.15) is 0 Å². The molecule has 2 nitrogen and oxygen atoms in total. The Morgan fingerprint density at radius 2 is 1.57 bits per heavy atom. The van der Waals surface area contributed by atoms with Crippen molar-refractivity contribution in [3.8, 4) is 5.75 Å². The van der Waals surface area contributed by atoms with Gasteiger partial charge in [0, 0.05) is 24.4 Å². The molecule has 7 heteroatoms. The van der Waals surface area contributed by atoms with E-state index in [0.29, 0.717) is 0 Å². The molecular weight excluding hydrogens is 293 g/mol. The van der Waals surface area contributed by atoms with Gasteiger partial charge in [-0.15, -0.1) is 0 Å². The third kappa shape index (κ3) is 3.42. The summed E-state index contributed by atoms with van der Waals surface area (Å²) in [6.07, 6.45) is -4.51. The summed E-state index contributed by atoms with van der Waals surface area (Å²) in [7, 11) is 0. The lowest BCUT2D eigenvalue weighted by molar-refractivity contribution is -0.138. The van der Waals surface area contributed by atoms with Gasteiger partial charge in [-0.05, 0) is 11.6 Å². The normalized spacial score (nSPS) is 11.5. The Labute approximate surface area is 116 Å². The van der Waals surface area contributed by atoms with Crippen LogP contribution in [-0.2, 0) is 12.7 Å². The Morgan fingerprint density at radius 1 is 1.00 bits per heavy atom. The lowest BCUT2D eigenvalue weighted by Gasteiger charge is -2.14. The van der Waals surface area contributed by atoms with Crippen LogP contribution >= 0.6 is 0 Å². The third-order valence-corrected chi connectivity index (χ3v) is 2.82. The first-order valence-electron chi connectivity index (χ1n) is 5.86. The minimum Gasteiger partial charge on any atom is -0.503 e. The molecular formula is C14H10F5NO. The topological polar surface area (TPSA) is 32.3 Å². The standard InChI is InChI=1S/C14H10F5NO/c15-11-5-9(6-12(16)13(11)21)20-7-8-3-1-2-4-10(8)14(17,18)19/h1-6,20-21H,7H2. The van der Waals surface area contributed by atoms with Crippen LogP contribution < -0.4 is 5.32 Å². The van der Waals surface area contributed by atoms with Gasteiger partial charge in [0.05, 0.1) is 5.56 Å². The number of rotatable bonds is 3. The second kappa shape index (κ2) is 5.59. The van der Waals surface area contributed by atoms with E-state index < -0.39 is 29.1 Å². The van der Waals surface area contributed by atoms with Crippen LogP contribution in [-0.4, -0.2) is 5.11 Å². The summed E-state index contributed by atoms with van der Waals surface area (Å²) in [5, 5.41) is 11.4. The van der Waals surface area contributed by atoms with Crippen molar-refractivity contribution in [2.45, 2.75) is 12.7 Å². The number of anilines is 1. The maximum Gasteiger partial charge on any atom is 0.416 e. The van der Waals surface area contributed by atoms with Crippen molar-refractivity contribution < 1.29 is 27.1 Å². The lowest BCUT2D eigenvalue weighted by atomic mass is 10.1. The van der Waals surface area contributed by atoms with Gasteiger partial charge in [0.15, 0.2) is 17.4 Å². The maximum absolute atomic E-state index is 13.1. The quantitative estimate of drug-likeness (QED) is 0.654. The average Bonchev–Trinajstić information content (AvgIpc) is 2.41. The Morgan fingerprint density at radius 3 is 2.14 bits per heavy atom. The molecule has 0 atom stereocenters. The van der Waals surface area contributed by atoms with Crippen molar-refractivity contribution in [2.24, 2.45) is 0 Å². The first-order valence-corrected chi connectivity index (χ1v) is 5.86. The molecule has 0 saturated carbocycles. The van der Waals surface area contributed by atoms with Crippen LogP contribution in [0.1, 0.15) is 11.1 Å². The molecule has 0 saturated heterocycles. The fraction of sp³-hybridized carbons (Fsp3) is 0.143. The fourth-order valence-corrected chi connectivity index (χ4v) is 1.82. The van der Waals surface area contributed by atoms with Gasteiger partial charge in [-0.1, -0.05) is 18.2 Å². The van der Waals surface area contributed by atoms with Crippen LogP contribution in [0.3, 0.4) is 0 Å². The molecule has 0 aliphatic carbocycles. The van der Waals surface area contributed by atoms with Crippen molar-refractivity contribution >= 4 is 5.69 Å². The van der Waals surface area contributed by atoms with Gasteiger partial charge in [-0.3, -0.25) is 0 Å². The van der Waals surface area contributed by atoms with Crippen LogP contribution in [0, 0.1) is 11.6 Å². The first-order chi connectivity index (χ1) is 9.79. The molecule has 0 fully saturated rings. The molecule has 2 aromatic carbocycles. The summed E-state index contributed by atoms with van der Waals surface area (Å²) in [6.45, 7) is -0.265. The number of phenols is 1. The predicted octanol–water partition coefficient (Wildman–Crippen LogP) is 4.30. The van der Waals surface area contributed by atoms with E-state index in [-0.39, 0.29) is 17.8 Å². The Bertz CT molecular complexity index is 631. The Balaban J connectivity index is 2.21. The summed E-state index contributed by atoms with van der Waals surface area (Å²) in [6, 6.07) is 6.48.